The van der Waals surface area contributed by atoms with E-state index in [0.717, 1.165) is 17.5 Å². The van der Waals surface area contributed by atoms with E-state index in [9.17, 15) is 9.59 Å². The van der Waals surface area contributed by atoms with Crippen LogP contribution in [0.25, 0.3) is 0 Å². The minimum atomic E-state index is -0.633. The predicted molar refractivity (Wildman–Crippen MR) is 80.4 cm³/mol. The van der Waals surface area contributed by atoms with Crippen LogP contribution in [0.5, 0.6) is 5.75 Å². The summed E-state index contributed by atoms with van der Waals surface area (Å²) in [4.78, 5) is 23.2. The van der Waals surface area contributed by atoms with E-state index < -0.39 is 12.0 Å². The van der Waals surface area contributed by atoms with Gasteiger partial charge in [-0.3, -0.25) is 4.79 Å². The molecule has 0 saturated carbocycles. The molecule has 0 aliphatic heterocycles. The molecule has 5 heteroatoms. The van der Waals surface area contributed by atoms with Crippen molar-refractivity contribution in [3.05, 3.63) is 28.8 Å². The molecular formula is C16H23NO4. The van der Waals surface area contributed by atoms with Crippen molar-refractivity contribution in [2.24, 2.45) is 5.73 Å². The molecule has 0 bridgehead atoms. The number of amides is 1. The second-order valence-electron chi connectivity index (χ2n) is 4.95. The Balaban J connectivity index is 3.03. The zero-order valence-corrected chi connectivity index (χ0v) is 13.1. The SMILES string of the molecule is CCCC(Oc1c(C)cc(C(N)=O)cc1C)C(=O)OCC. The number of aryl methyl sites for hydroxylation is 2. The smallest absolute Gasteiger partial charge is 0.347 e. The largest absolute Gasteiger partial charge is 0.478 e. The van der Waals surface area contributed by atoms with Crippen molar-refractivity contribution in [3.8, 4) is 5.75 Å². The van der Waals surface area contributed by atoms with Gasteiger partial charge in [0.15, 0.2) is 6.10 Å². The van der Waals surface area contributed by atoms with Crippen LogP contribution in [0.3, 0.4) is 0 Å². The molecule has 1 amide bonds. The molecule has 2 N–H and O–H groups in total. The summed E-state index contributed by atoms with van der Waals surface area (Å²) < 4.78 is 10.9. The highest BCUT2D eigenvalue weighted by Gasteiger charge is 2.22. The van der Waals surface area contributed by atoms with Crippen LogP contribution in [0.4, 0.5) is 0 Å². The predicted octanol–water partition coefficient (Wildman–Crippen LogP) is 2.51. The Hall–Kier alpha value is -2.04. The summed E-state index contributed by atoms with van der Waals surface area (Å²) in [7, 11) is 0. The Morgan fingerprint density at radius 3 is 2.19 bits per heavy atom. The molecule has 0 aliphatic carbocycles. The van der Waals surface area contributed by atoms with Crippen LogP contribution in [-0.2, 0) is 9.53 Å². The Morgan fingerprint density at radius 1 is 1.19 bits per heavy atom. The van der Waals surface area contributed by atoms with Crippen molar-refractivity contribution >= 4 is 11.9 Å². The molecule has 1 unspecified atom stereocenters. The third kappa shape index (κ3) is 4.48. The Labute approximate surface area is 125 Å². The highest BCUT2D eigenvalue weighted by atomic mass is 16.6. The number of nitrogens with two attached hydrogens (primary N) is 1. The summed E-state index contributed by atoms with van der Waals surface area (Å²) >= 11 is 0. The van der Waals surface area contributed by atoms with Gasteiger partial charge < -0.3 is 15.2 Å². The number of carbonyl (C=O) groups is 2. The monoisotopic (exact) mass is 293 g/mol. The van der Waals surface area contributed by atoms with E-state index in [1.807, 2.05) is 20.8 Å². The second kappa shape index (κ2) is 7.67. The summed E-state index contributed by atoms with van der Waals surface area (Å²) in [5.41, 5.74) is 7.26. The molecule has 0 saturated heterocycles. The Kier molecular flexibility index (Phi) is 6.21. The van der Waals surface area contributed by atoms with Gasteiger partial charge in [0, 0.05) is 5.56 Å². The van der Waals surface area contributed by atoms with Crippen molar-refractivity contribution in [3.63, 3.8) is 0 Å². The lowest BCUT2D eigenvalue weighted by molar-refractivity contribution is -0.151. The summed E-state index contributed by atoms with van der Waals surface area (Å²) in [6, 6.07) is 3.33. The molecule has 1 atom stereocenters. The second-order valence-corrected chi connectivity index (χ2v) is 4.95. The summed E-state index contributed by atoms with van der Waals surface area (Å²) in [5.74, 6) is -0.244. The molecular weight excluding hydrogens is 270 g/mol. The summed E-state index contributed by atoms with van der Waals surface area (Å²) in [5, 5.41) is 0. The molecule has 0 aromatic heterocycles. The quantitative estimate of drug-likeness (QED) is 0.783. The third-order valence-electron chi connectivity index (χ3n) is 3.11. The van der Waals surface area contributed by atoms with Gasteiger partial charge in [-0.2, -0.15) is 0 Å². The highest BCUT2D eigenvalue weighted by molar-refractivity contribution is 5.93. The molecule has 116 valence electrons. The van der Waals surface area contributed by atoms with Crippen molar-refractivity contribution in [1.29, 1.82) is 0 Å². The maximum absolute atomic E-state index is 11.9. The lowest BCUT2D eigenvalue weighted by atomic mass is 10.0. The summed E-state index contributed by atoms with van der Waals surface area (Å²) in [6.45, 7) is 7.71. The fourth-order valence-electron chi connectivity index (χ4n) is 2.14. The van der Waals surface area contributed by atoms with Gasteiger partial charge in [-0.25, -0.2) is 4.79 Å². The van der Waals surface area contributed by atoms with Gasteiger partial charge in [-0.05, 0) is 50.5 Å². The van der Waals surface area contributed by atoms with Crippen LogP contribution >= 0.6 is 0 Å². The molecule has 1 aromatic rings. The fraction of sp³-hybridized carbons (Fsp3) is 0.500. The number of hydrogen-bond acceptors (Lipinski definition) is 4. The average Bonchev–Trinajstić information content (AvgIpc) is 2.41. The van der Waals surface area contributed by atoms with Crippen molar-refractivity contribution in [2.75, 3.05) is 6.61 Å². The minimum absolute atomic E-state index is 0.320. The topological polar surface area (TPSA) is 78.6 Å². The molecule has 1 rings (SSSR count). The van der Waals surface area contributed by atoms with Crippen LogP contribution in [0.15, 0.2) is 12.1 Å². The number of ether oxygens (including phenoxy) is 2. The van der Waals surface area contributed by atoms with E-state index in [-0.39, 0.29) is 5.97 Å². The van der Waals surface area contributed by atoms with E-state index in [0.29, 0.717) is 24.3 Å². The van der Waals surface area contributed by atoms with Crippen molar-refractivity contribution < 1.29 is 19.1 Å². The van der Waals surface area contributed by atoms with Gasteiger partial charge in [0.25, 0.3) is 0 Å². The van der Waals surface area contributed by atoms with Gasteiger partial charge in [0.05, 0.1) is 6.61 Å². The zero-order chi connectivity index (χ0) is 16.0. The summed E-state index contributed by atoms with van der Waals surface area (Å²) in [6.07, 6.45) is 0.753. The van der Waals surface area contributed by atoms with Crippen molar-refractivity contribution in [1.82, 2.24) is 0 Å². The first-order valence-corrected chi connectivity index (χ1v) is 7.15. The molecule has 0 spiro atoms. The van der Waals surface area contributed by atoms with Crippen LogP contribution in [0.1, 0.15) is 48.2 Å². The van der Waals surface area contributed by atoms with Gasteiger partial charge in [-0.15, -0.1) is 0 Å². The van der Waals surface area contributed by atoms with Gasteiger partial charge >= 0.3 is 5.97 Å². The van der Waals surface area contributed by atoms with Gasteiger partial charge in [0.2, 0.25) is 5.91 Å². The maximum Gasteiger partial charge on any atom is 0.347 e. The lowest BCUT2D eigenvalue weighted by Gasteiger charge is -2.20. The third-order valence-corrected chi connectivity index (χ3v) is 3.11. The number of benzene rings is 1. The van der Waals surface area contributed by atoms with E-state index in [2.05, 4.69) is 0 Å². The standard InChI is InChI=1S/C16H23NO4/c1-5-7-13(16(19)20-6-2)21-14-10(3)8-12(15(17)18)9-11(14)4/h8-9,13H,5-7H2,1-4H3,(H2,17,18). The number of hydrogen-bond donors (Lipinski definition) is 1. The first-order chi connectivity index (χ1) is 9.90. The first-order valence-electron chi connectivity index (χ1n) is 7.15. The van der Waals surface area contributed by atoms with Crippen LogP contribution < -0.4 is 10.5 Å². The van der Waals surface area contributed by atoms with Crippen LogP contribution in [0.2, 0.25) is 0 Å². The average molecular weight is 293 g/mol. The lowest BCUT2D eigenvalue weighted by Crippen LogP contribution is -2.30. The molecule has 1 aromatic carbocycles. The fourth-order valence-corrected chi connectivity index (χ4v) is 2.14. The van der Waals surface area contributed by atoms with Crippen molar-refractivity contribution in [2.45, 2.75) is 46.6 Å². The molecule has 5 nitrogen and oxygen atoms in total. The van der Waals surface area contributed by atoms with E-state index in [1.165, 1.54) is 0 Å². The number of carbonyl (C=O) groups excluding carboxylic acids is 2. The Bertz CT molecular complexity index is 502. The number of esters is 1. The maximum atomic E-state index is 11.9. The molecule has 0 aliphatic rings. The van der Waals surface area contributed by atoms with E-state index in [1.54, 1.807) is 19.1 Å². The molecule has 21 heavy (non-hydrogen) atoms. The van der Waals surface area contributed by atoms with E-state index >= 15 is 0 Å². The van der Waals surface area contributed by atoms with Crippen LogP contribution in [-0.4, -0.2) is 24.6 Å². The normalized spacial score (nSPS) is 11.8. The zero-order valence-electron chi connectivity index (χ0n) is 13.1. The Morgan fingerprint density at radius 2 is 1.76 bits per heavy atom. The van der Waals surface area contributed by atoms with E-state index in [4.69, 9.17) is 15.2 Å². The molecule has 0 heterocycles. The van der Waals surface area contributed by atoms with Crippen LogP contribution in [0, 0.1) is 13.8 Å². The molecule has 0 fully saturated rings. The number of primary amides is 1. The minimum Gasteiger partial charge on any atom is -0.478 e. The first kappa shape index (κ1) is 17.0. The highest BCUT2D eigenvalue weighted by Crippen LogP contribution is 2.27. The molecule has 0 radical (unpaired) electrons. The number of rotatable bonds is 7. The van der Waals surface area contributed by atoms with Gasteiger partial charge in [-0.1, -0.05) is 13.3 Å². The van der Waals surface area contributed by atoms with Gasteiger partial charge in [0.1, 0.15) is 5.75 Å².